The van der Waals surface area contributed by atoms with Crippen molar-refractivity contribution < 1.29 is 17.5 Å². The number of pyridine rings is 1. The highest BCUT2D eigenvalue weighted by Crippen LogP contribution is 1.93. The van der Waals surface area contributed by atoms with Gasteiger partial charge >= 0.3 is 0 Å². The molecule has 0 radical (unpaired) electrons. The Morgan fingerprint density at radius 2 is 1.92 bits per heavy atom. The Kier molecular flexibility index (Phi) is 2.84. The first kappa shape index (κ1) is 9.94. The Bertz CT molecular complexity index is 371. The highest BCUT2D eigenvalue weighted by Gasteiger charge is 2.02. The summed E-state index contributed by atoms with van der Waals surface area (Å²) < 4.78 is 32.4. The molecule has 72 valence electrons. The number of hydrogen-bond acceptors (Lipinski definition) is 4. The Labute approximate surface area is 76.6 Å². The van der Waals surface area contributed by atoms with Gasteiger partial charge in [0.2, 0.25) is 0 Å². The van der Waals surface area contributed by atoms with Crippen molar-refractivity contribution in [2.24, 2.45) is 0 Å². The normalized spacial score (nSPS) is 11.5. The summed E-state index contributed by atoms with van der Waals surface area (Å²) in [5.41, 5.74) is 6.01. The highest BCUT2D eigenvalue weighted by atomic mass is 32.2. The lowest BCUT2D eigenvalue weighted by atomic mass is 10.4. The largest absolute Gasteiger partial charge is 0.748 e. The third kappa shape index (κ3) is 3.86. The molecule has 0 atom stereocenters. The predicted octanol–water partition coefficient (Wildman–Crippen LogP) is -0.898. The Morgan fingerprint density at radius 1 is 1.38 bits per heavy atom. The maximum atomic E-state index is 10.3. The van der Waals surface area contributed by atoms with E-state index in [1.165, 1.54) is 0 Å². The predicted molar refractivity (Wildman–Crippen MR) is 45.6 cm³/mol. The number of anilines is 1. The molecule has 6 heteroatoms. The molecule has 0 saturated carbocycles. The smallest absolute Gasteiger partial charge is 0.170 e. The maximum Gasteiger partial charge on any atom is 0.170 e. The molecule has 1 rings (SSSR count). The summed E-state index contributed by atoms with van der Waals surface area (Å²) in [6.07, 6.45) is 3.25. The summed E-state index contributed by atoms with van der Waals surface area (Å²) in [6.45, 7) is 0.159. The topological polar surface area (TPSA) is 87.1 Å². The number of nitrogens with two attached hydrogens (primary N) is 1. The fourth-order valence-electron chi connectivity index (χ4n) is 0.835. The van der Waals surface area contributed by atoms with Crippen molar-refractivity contribution in [3.63, 3.8) is 0 Å². The van der Waals surface area contributed by atoms with Crippen LogP contribution in [0.2, 0.25) is 0 Å². The Hall–Kier alpha value is -1.14. The van der Waals surface area contributed by atoms with Gasteiger partial charge in [0.05, 0.1) is 5.75 Å². The molecule has 1 aromatic heterocycles. The van der Waals surface area contributed by atoms with Crippen molar-refractivity contribution in [3.05, 3.63) is 24.5 Å². The molecule has 13 heavy (non-hydrogen) atoms. The first-order valence-corrected chi connectivity index (χ1v) is 5.23. The molecule has 0 aliphatic carbocycles. The zero-order chi connectivity index (χ0) is 9.90. The molecule has 0 aliphatic heterocycles. The molecule has 0 bridgehead atoms. The van der Waals surface area contributed by atoms with Crippen LogP contribution in [0.4, 0.5) is 5.69 Å². The van der Waals surface area contributed by atoms with Gasteiger partial charge in [-0.15, -0.1) is 0 Å². The molecule has 0 fully saturated rings. The van der Waals surface area contributed by atoms with E-state index in [9.17, 15) is 13.0 Å². The quantitative estimate of drug-likeness (QED) is 0.508. The number of rotatable bonds is 3. The molecule has 5 nitrogen and oxygen atoms in total. The molecule has 0 unspecified atom stereocenters. The van der Waals surface area contributed by atoms with Gasteiger partial charge in [0.25, 0.3) is 0 Å². The van der Waals surface area contributed by atoms with E-state index >= 15 is 0 Å². The van der Waals surface area contributed by atoms with Crippen LogP contribution in [0.3, 0.4) is 0 Å². The summed E-state index contributed by atoms with van der Waals surface area (Å²) in [5.74, 6) is -0.401. The van der Waals surface area contributed by atoms with Gasteiger partial charge in [-0.1, -0.05) is 0 Å². The molecule has 1 heterocycles. The van der Waals surface area contributed by atoms with Gasteiger partial charge in [-0.3, -0.25) is 0 Å². The van der Waals surface area contributed by atoms with Crippen molar-refractivity contribution in [1.29, 1.82) is 0 Å². The average molecular weight is 202 g/mol. The zero-order valence-corrected chi connectivity index (χ0v) is 7.70. The van der Waals surface area contributed by atoms with Crippen LogP contribution in [0.5, 0.6) is 0 Å². The molecule has 0 saturated heterocycles. The molecule has 0 spiro atoms. The van der Waals surface area contributed by atoms with Crippen LogP contribution < -0.4 is 10.3 Å². The summed E-state index contributed by atoms with van der Waals surface area (Å²) >= 11 is 0. The van der Waals surface area contributed by atoms with Crippen molar-refractivity contribution >= 4 is 15.8 Å². The molecule has 2 N–H and O–H groups in total. The Balaban J connectivity index is 2.61. The van der Waals surface area contributed by atoms with E-state index in [4.69, 9.17) is 5.73 Å². The minimum atomic E-state index is -4.13. The summed E-state index contributed by atoms with van der Waals surface area (Å²) in [6, 6.07) is 3.27. The van der Waals surface area contributed by atoms with E-state index < -0.39 is 15.9 Å². The number of nitrogens with zero attached hydrogens (tertiary/aromatic N) is 1. The molecular weight excluding hydrogens is 192 g/mol. The Morgan fingerprint density at radius 3 is 2.38 bits per heavy atom. The number of aryl methyl sites for hydroxylation is 1. The maximum absolute atomic E-state index is 10.3. The fourth-order valence-corrected chi connectivity index (χ4v) is 1.27. The van der Waals surface area contributed by atoms with E-state index in [0.29, 0.717) is 5.69 Å². The van der Waals surface area contributed by atoms with Gasteiger partial charge in [-0.2, -0.15) is 0 Å². The lowest BCUT2D eigenvalue weighted by Gasteiger charge is -2.02. The van der Waals surface area contributed by atoms with Crippen LogP contribution >= 0.6 is 0 Å². The van der Waals surface area contributed by atoms with Crippen LogP contribution in [-0.4, -0.2) is 18.7 Å². The third-order valence-corrected chi connectivity index (χ3v) is 2.20. The second-order valence-corrected chi connectivity index (χ2v) is 4.15. The van der Waals surface area contributed by atoms with E-state index in [2.05, 4.69) is 0 Å². The number of nitrogen functional groups attached to an aromatic ring is 1. The van der Waals surface area contributed by atoms with Crippen LogP contribution in [-0.2, 0) is 16.7 Å². The molecule has 1 aromatic rings. The van der Waals surface area contributed by atoms with Crippen molar-refractivity contribution in [3.8, 4) is 0 Å². The second-order valence-electron chi connectivity index (χ2n) is 2.63. The van der Waals surface area contributed by atoms with Crippen LogP contribution in [0.15, 0.2) is 24.5 Å². The lowest BCUT2D eigenvalue weighted by Crippen LogP contribution is -2.36. The second kappa shape index (κ2) is 3.71. The molecule has 0 aliphatic rings. The fraction of sp³-hybridized carbons (Fsp3) is 0.286. The van der Waals surface area contributed by atoms with Crippen molar-refractivity contribution in [1.82, 2.24) is 0 Å². The van der Waals surface area contributed by atoms with E-state index in [-0.39, 0.29) is 6.54 Å². The van der Waals surface area contributed by atoms with Gasteiger partial charge in [-0.05, 0) is 0 Å². The first-order valence-electron chi connectivity index (χ1n) is 3.65. The van der Waals surface area contributed by atoms with Crippen LogP contribution in [0, 0.1) is 0 Å². The third-order valence-electron chi connectivity index (χ3n) is 1.52. The van der Waals surface area contributed by atoms with Gasteiger partial charge in [0, 0.05) is 17.8 Å². The van der Waals surface area contributed by atoms with E-state index in [0.717, 1.165) is 0 Å². The van der Waals surface area contributed by atoms with Crippen LogP contribution in [0.1, 0.15) is 0 Å². The van der Waals surface area contributed by atoms with Crippen molar-refractivity contribution in [2.75, 3.05) is 11.5 Å². The molecular formula is C7H10N2O3S. The summed E-state index contributed by atoms with van der Waals surface area (Å²) in [7, 11) is -4.13. The van der Waals surface area contributed by atoms with E-state index in [1.807, 2.05) is 0 Å². The average Bonchev–Trinajstić information content (AvgIpc) is 2.02. The van der Waals surface area contributed by atoms with Crippen LogP contribution in [0.25, 0.3) is 0 Å². The minimum absolute atomic E-state index is 0.159. The molecule has 0 amide bonds. The van der Waals surface area contributed by atoms with Crippen molar-refractivity contribution in [2.45, 2.75) is 6.54 Å². The monoisotopic (exact) mass is 202 g/mol. The van der Waals surface area contributed by atoms with Gasteiger partial charge in [-0.25, -0.2) is 13.0 Å². The number of hydrogen-bond donors (Lipinski definition) is 1. The van der Waals surface area contributed by atoms with E-state index in [1.54, 1.807) is 29.1 Å². The van der Waals surface area contributed by atoms with Gasteiger partial charge in [0.15, 0.2) is 18.9 Å². The minimum Gasteiger partial charge on any atom is -0.748 e. The SMILES string of the molecule is Nc1cc[n+](CCS(=O)(=O)[O-])cc1. The lowest BCUT2D eigenvalue weighted by molar-refractivity contribution is -0.692. The summed E-state index contributed by atoms with van der Waals surface area (Å²) in [5, 5.41) is 0. The number of aromatic nitrogens is 1. The van der Waals surface area contributed by atoms with Gasteiger partial charge in [0.1, 0.15) is 10.1 Å². The summed E-state index contributed by atoms with van der Waals surface area (Å²) in [4.78, 5) is 0. The van der Waals surface area contributed by atoms with Gasteiger partial charge < -0.3 is 10.3 Å². The standard InChI is InChI=1S/C7H10N2O3S/c8-7-1-3-9(4-2-7)5-6-13(10,11)12/h1-4,8H,5-6H2,(H,10,11,12). The first-order chi connectivity index (χ1) is 5.97. The highest BCUT2D eigenvalue weighted by molar-refractivity contribution is 7.85. The molecule has 0 aromatic carbocycles. The zero-order valence-electron chi connectivity index (χ0n) is 6.88.